The minimum absolute atomic E-state index is 0.102. The molecule has 0 aliphatic carbocycles. The van der Waals surface area contributed by atoms with Gasteiger partial charge in [-0.25, -0.2) is 19.7 Å². The Morgan fingerprint density at radius 1 is 1.06 bits per heavy atom. The first-order valence-corrected chi connectivity index (χ1v) is 9.92. The summed E-state index contributed by atoms with van der Waals surface area (Å²) in [5.41, 5.74) is 3.66. The monoisotopic (exact) mass is 418 g/mol. The summed E-state index contributed by atoms with van der Waals surface area (Å²) in [6, 6.07) is 10.1. The first-order chi connectivity index (χ1) is 15.2. The van der Waals surface area contributed by atoms with Crippen LogP contribution in [0, 0.1) is 5.95 Å². The highest BCUT2D eigenvalue weighted by Crippen LogP contribution is 2.26. The van der Waals surface area contributed by atoms with Gasteiger partial charge in [-0.2, -0.15) is 9.37 Å². The van der Waals surface area contributed by atoms with Crippen LogP contribution in [0.4, 0.5) is 26.5 Å². The van der Waals surface area contributed by atoms with Gasteiger partial charge in [-0.1, -0.05) is 6.07 Å². The lowest BCUT2D eigenvalue weighted by atomic mass is 10.2. The van der Waals surface area contributed by atoms with Crippen LogP contribution in [-0.4, -0.2) is 48.9 Å². The lowest BCUT2D eigenvalue weighted by Crippen LogP contribution is -2.32. The molecule has 10 heteroatoms. The standard InChI is InChI=1S/C21H19FN8O/c22-16-7-6-13(11-23-16)17-18-19(25-12-24-18)29-20(28-17)26-14-4-3-5-15(10-14)27-21(31)30-8-1-2-9-30/h3-7,10-12H,1-2,8-9H2,(H,27,31)(H2,24,25,26,28,29). The summed E-state index contributed by atoms with van der Waals surface area (Å²) in [5, 5.41) is 6.08. The quantitative estimate of drug-likeness (QED) is 0.433. The maximum absolute atomic E-state index is 13.2. The number of hydrogen-bond acceptors (Lipinski definition) is 6. The van der Waals surface area contributed by atoms with E-state index in [9.17, 15) is 9.18 Å². The molecule has 4 heterocycles. The summed E-state index contributed by atoms with van der Waals surface area (Å²) in [6.45, 7) is 1.56. The zero-order chi connectivity index (χ0) is 21.2. The number of anilines is 3. The molecular weight excluding hydrogens is 399 g/mol. The van der Waals surface area contributed by atoms with Gasteiger partial charge in [-0.3, -0.25) is 0 Å². The second-order valence-electron chi connectivity index (χ2n) is 7.20. The summed E-state index contributed by atoms with van der Waals surface area (Å²) < 4.78 is 13.2. The van der Waals surface area contributed by atoms with Crippen molar-refractivity contribution in [2.45, 2.75) is 12.8 Å². The molecule has 0 atom stereocenters. The molecule has 0 radical (unpaired) electrons. The molecule has 4 aromatic rings. The van der Waals surface area contributed by atoms with Gasteiger partial charge in [-0.15, -0.1) is 0 Å². The molecule has 2 amide bonds. The van der Waals surface area contributed by atoms with Crippen molar-refractivity contribution in [3.05, 3.63) is 54.9 Å². The second kappa shape index (κ2) is 7.98. The van der Waals surface area contributed by atoms with Gasteiger partial charge < -0.3 is 20.5 Å². The number of amides is 2. The van der Waals surface area contributed by atoms with Gasteiger partial charge in [0, 0.05) is 36.2 Å². The largest absolute Gasteiger partial charge is 0.341 e. The number of likely N-dealkylation sites (tertiary alicyclic amines) is 1. The number of aromatic amines is 1. The number of hydrogen-bond donors (Lipinski definition) is 3. The van der Waals surface area contributed by atoms with Crippen LogP contribution >= 0.6 is 0 Å². The molecule has 1 fully saturated rings. The van der Waals surface area contributed by atoms with E-state index in [4.69, 9.17) is 0 Å². The molecule has 3 N–H and O–H groups in total. The van der Waals surface area contributed by atoms with E-state index in [0.29, 0.717) is 39.7 Å². The number of pyridine rings is 1. The molecule has 1 aromatic carbocycles. The number of fused-ring (bicyclic) bond motifs is 1. The van der Waals surface area contributed by atoms with Crippen molar-refractivity contribution in [2.75, 3.05) is 23.7 Å². The van der Waals surface area contributed by atoms with E-state index in [2.05, 4.69) is 35.6 Å². The molecule has 0 saturated carbocycles. The van der Waals surface area contributed by atoms with E-state index in [-0.39, 0.29) is 6.03 Å². The van der Waals surface area contributed by atoms with Crippen LogP contribution in [0.3, 0.4) is 0 Å². The van der Waals surface area contributed by atoms with E-state index >= 15 is 0 Å². The van der Waals surface area contributed by atoms with Crippen molar-refractivity contribution in [3.8, 4) is 11.3 Å². The Morgan fingerprint density at radius 3 is 2.71 bits per heavy atom. The number of benzene rings is 1. The SMILES string of the molecule is O=C(Nc1cccc(Nc2nc(-c3ccc(F)nc3)c3[nH]cnc3n2)c1)N1CCCC1. The Labute approximate surface area is 176 Å². The van der Waals surface area contributed by atoms with Gasteiger partial charge in [0.05, 0.1) is 6.33 Å². The fourth-order valence-corrected chi connectivity index (χ4v) is 3.54. The average Bonchev–Trinajstić information content (AvgIpc) is 3.46. The Bertz CT molecular complexity index is 1230. The molecule has 0 unspecified atom stereocenters. The molecule has 5 rings (SSSR count). The van der Waals surface area contributed by atoms with E-state index in [0.717, 1.165) is 25.9 Å². The first-order valence-electron chi connectivity index (χ1n) is 9.92. The van der Waals surface area contributed by atoms with Crippen molar-refractivity contribution >= 4 is 34.5 Å². The van der Waals surface area contributed by atoms with E-state index < -0.39 is 5.95 Å². The van der Waals surface area contributed by atoms with Gasteiger partial charge in [0.1, 0.15) is 11.2 Å². The number of nitrogens with zero attached hydrogens (tertiary/aromatic N) is 5. The number of imidazole rings is 1. The summed E-state index contributed by atoms with van der Waals surface area (Å²) >= 11 is 0. The normalized spacial score (nSPS) is 13.5. The highest BCUT2D eigenvalue weighted by atomic mass is 19.1. The molecule has 0 bridgehead atoms. The van der Waals surface area contributed by atoms with E-state index in [1.54, 1.807) is 11.0 Å². The summed E-state index contributed by atoms with van der Waals surface area (Å²) in [7, 11) is 0. The number of rotatable bonds is 4. The van der Waals surface area contributed by atoms with Crippen LogP contribution in [0.2, 0.25) is 0 Å². The van der Waals surface area contributed by atoms with Crippen molar-refractivity contribution in [1.82, 2.24) is 29.8 Å². The third-order valence-electron chi connectivity index (χ3n) is 5.05. The molecule has 9 nitrogen and oxygen atoms in total. The van der Waals surface area contributed by atoms with Gasteiger partial charge in [-0.05, 0) is 43.2 Å². The average molecular weight is 418 g/mol. The molecule has 3 aromatic heterocycles. The minimum atomic E-state index is -0.565. The number of halogens is 1. The molecule has 1 aliphatic heterocycles. The number of nitrogens with one attached hydrogen (secondary N) is 3. The Hall–Kier alpha value is -4.08. The zero-order valence-electron chi connectivity index (χ0n) is 16.5. The maximum Gasteiger partial charge on any atom is 0.321 e. The topological polar surface area (TPSA) is 112 Å². The molecule has 31 heavy (non-hydrogen) atoms. The Morgan fingerprint density at radius 2 is 1.90 bits per heavy atom. The van der Waals surface area contributed by atoms with Crippen LogP contribution in [0.1, 0.15) is 12.8 Å². The minimum Gasteiger partial charge on any atom is -0.341 e. The maximum atomic E-state index is 13.2. The Kier molecular flexibility index (Phi) is 4.87. The van der Waals surface area contributed by atoms with Crippen LogP contribution in [-0.2, 0) is 0 Å². The lowest BCUT2D eigenvalue weighted by Gasteiger charge is -2.16. The fraction of sp³-hybridized carbons (Fsp3) is 0.190. The number of carbonyl (C=O) groups is 1. The zero-order valence-corrected chi connectivity index (χ0v) is 16.5. The van der Waals surface area contributed by atoms with Crippen molar-refractivity contribution < 1.29 is 9.18 Å². The lowest BCUT2D eigenvalue weighted by molar-refractivity contribution is 0.222. The van der Waals surface area contributed by atoms with Crippen LogP contribution < -0.4 is 10.6 Å². The van der Waals surface area contributed by atoms with Gasteiger partial charge >= 0.3 is 6.03 Å². The van der Waals surface area contributed by atoms with Crippen molar-refractivity contribution in [3.63, 3.8) is 0 Å². The molecule has 156 valence electrons. The Balaban J connectivity index is 1.41. The molecule has 1 aliphatic rings. The number of H-pyrrole nitrogens is 1. The van der Waals surface area contributed by atoms with Crippen molar-refractivity contribution in [1.29, 1.82) is 0 Å². The van der Waals surface area contributed by atoms with Crippen LogP contribution in [0.5, 0.6) is 0 Å². The van der Waals surface area contributed by atoms with Gasteiger partial charge in [0.15, 0.2) is 5.65 Å². The second-order valence-corrected chi connectivity index (χ2v) is 7.20. The highest BCUT2D eigenvalue weighted by Gasteiger charge is 2.18. The number of carbonyl (C=O) groups excluding carboxylic acids is 1. The molecule has 0 spiro atoms. The number of aromatic nitrogens is 5. The third-order valence-corrected chi connectivity index (χ3v) is 5.05. The summed E-state index contributed by atoms with van der Waals surface area (Å²) in [5.74, 6) is -0.244. The predicted octanol–water partition coefficient (Wildman–Crippen LogP) is 3.93. The number of urea groups is 1. The third kappa shape index (κ3) is 4.00. The van der Waals surface area contributed by atoms with Crippen LogP contribution in [0.25, 0.3) is 22.4 Å². The van der Waals surface area contributed by atoms with E-state index in [1.165, 1.54) is 18.6 Å². The van der Waals surface area contributed by atoms with E-state index in [1.807, 2.05) is 24.3 Å². The molecular formula is C21H19FN8O. The van der Waals surface area contributed by atoms with Gasteiger partial charge in [0.25, 0.3) is 0 Å². The molecule has 1 saturated heterocycles. The van der Waals surface area contributed by atoms with Gasteiger partial charge in [0.2, 0.25) is 11.9 Å². The van der Waals surface area contributed by atoms with Crippen molar-refractivity contribution in [2.24, 2.45) is 0 Å². The highest BCUT2D eigenvalue weighted by molar-refractivity contribution is 5.90. The predicted molar refractivity (Wildman–Crippen MR) is 114 cm³/mol. The van der Waals surface area contributed by atoms with Crippen LogP contribution in [0.15, 0.2) is 48.9 Å². The first kappa shape index (κ1) is 18.9. The fourth-order valence-electron chi connectivity index (χ4n) is 3.54. The smallest absolute Gasteiger partial charge is 0.321 e. The summed E-state index contributed by atoms with van der Waals surface area (Å²) in [6.07, 6.45) is 5.01. The summed E-state index contributed by atoms with van der Waals surface area (Å²) in [4.78, 5) is 34.1.